The Hall–Kier alpha value is -2.64. The van der Waals surface area contributed by atoms with Gasteiger partial charge in [-0.25, -0.2) is 8.42 Å². The number of rotatable bonds is 3. The van der Waals surface area contributed by atoms with E-state index in [4.69, 9.17) is 0 Å². The molecule has 0 aliphatic carbocycles. The molecule has 0 radical (unpaired) electrons. The standard InChI is InChI=1S/C19H15NO4S2/c21-13-8-6-12(7-9-13)15-10-17(22)20-18-16(11-25-19(15)18)26(23,24)14-4-2-1-3-5-14/h1-9,11,15,21H,10H2,(H,20,22)/t15-/m1/s1. The molecular formula is C19H15NO4S2. The van der Waals surface area contributed by atoms with Crippen LogP contribution in [0.3, 0.4) is 0 Å². The summed E-state index contributed by atoms with van der Waals surface area (Å²) >= 11 is 1.33. The highest BCUT2D eigenvalue weighted by Gasteiger charge is 2.34. The van der Waals surface area contributed by atoms with Crippen LogP contribution < -0.4 is 5.32 Å². The third-order valence-corrected chi connectivity index (χ3v) is 7.43. The highest BCUT2D eigenvalue weighted by atomic mass is 32.2. The number of sulfone groups is 1. The van der Waals surface area contributed by atoms with Gasteiger partial charge in [0.25, 0.3) is 0 Å². The summed E-state index contributed by atoms with van der Waals surface area (Å²) in [6, 6.07) is 14.8. The van der Waals surface area contributed by atoms with Gasteiger partial charge in [-0.3, -0.25) is 4.79 Å². The Bertz CT molecular complexity index is 1070. The Morgan fingerprint density at radius 2 is 1.73 bits per heavy atom. The van der Waals surface area contributed by atoms with Crippen molar-refractivity contribution in [3.63, 3.8) is 0 Å². The van der Waals surface area contributed by atoms with E-state index in [1.54, 1.807) is 60.0 Å². The zero-order chi connectivity index (χ0) is 18.3. The first-order valence-electron chi connectivity index (χ1n) is 7.97. The highest BCUT2D eigenvalue weighted by Crippen LogP contribution is 2.45. The Morgan fingerprint density at radius 3 is 2.42 bits per heavy atom. The van der Waals surface area contributed by atoms with Gasteiger partial charge in [-0.05, 0) is 29.8 Å². The van der Waals surface area contributed by atoms with Gasteiger partial charge in [-0.2, -0.15) is 0 Å². The number of benzene rings is 2. The maximum atomic E-state index is 13.0. The predicted molar refractivity (Wildman–Crippen MR) is 99.4 cm³/mol. The van der Waals surface area contributed by atoms with E-state index in [0.29, 0.717) is 5.69 Å². The van der Waals surface area contributed by atoms with Crippen LogP contribution in [0.25, 0.3) is 0 Å². The lowest BCUT2D eigenvalue weighted by Crippen LogP contribution is -2.23. The van der Waals surface area contributed by atoms with Crippen molar-refractivity contribution in [3.8, 4) is 5.75 Å². The number of carbonyl (C=O) groups is 1. The van der Waals surface area contributed by atoms with E-state index in [0.717, 1.165) is 10.4 Å². The summed E-state index contributed by atoms with van der Waals surface area (Å²) in [5.74, 6) is -0.310. The fraction of sp³-hybridized carbons (Fsp3) is 0.105. The average molecular weight is 385 g/mol. The summed E-state index contributed by atoms with van der Waals surface area (Å²) in [5.41, 5.74) is 1.23. The number of phenols is 1. The molecule has 5 nitrogen and oxygen atoms in total. The molecular weight excluding hydrogens is 370 g/mol. The van der Waals surface area contributed by atoms with Crippen molar-refractivity contribution >= 4 is 32.8 Å². The molecule has 0 fully saturated rings. The maximum absolute atomic E-state index is 13.0. The molecule has 132 valence electrons. The van der Waals surface area contributed by atoms with Crippen LogP contribution in [-0.4, -0.2) is 19.4 Å². The maximum Gasteiger partial charge on any atom is 0.225 e. The number of fused-ring (bicyclic) bond motifs is 1. The number of thiophene rings is 1. The molecule has 1 atom stereocenters. The Morgan fingerprint density at radius 1 is 1.04 bits per heavy atom. The van der Waals surface area contributed by atoms with Crippen molar-refractivity contribution in [3.05, 3.63) is 70.4 Å². The molecule has 0 saturated carbocycles. The van der Waals surface area contributed by atoms with Crippen molar-refractivity contribution in [1.29, 1.82) is 0 Å². The summed E-state index contributed by atoms with van der Waals surface area (Å²) in [6.07, 6.45) is 0.239. The van der Waals surface area contributed by atoms with Crippen LogP contribution in [0.4, 0.5) is 5.69 Å². The third-order valence-electron chi connectivity index (χ3n) is 4.39. The monoisotopic (exact) mass is 385 g/mol. The molecule has 0 unspecified atom stereocenters. The number of phenolic OH excluding ortho intramolecular Hbond substituents is 1. The van der Waals surface area contributed by atoms with E-state index in [1.807, 2.05) is 0 Å². The predicted octanol–water partition coefficient (Wildman–Crippen LogP) is 3.76. The Kier molecular flexibility index (Phi) is 4.05. The van der Waals surface area contributed by atoms with Crippen molar-refractivity contribution < 1.29 is 18.3 Å². The highest BCUT2D eigenvalue weighted by molar-refractivity contribution is 7.91. The number of hydrogen-bond donors (Lipinski definition) is 2. The SMILES string of the molecule is O=C1C[C@H](c2ccc(O)cc2)c2scc(S(=O)(=O)c3ccccc3)c2N1. The van der Waals surface area contributed by atoms with Gasteiger partial charge in [-0.1, -0.05) is 30.3 Å². The van der Waals surface area contributed by atoms with Crippen molar-refractivity contribution in [2.24, 2.45) is 0 Å². The third kappa shape index (κ3) is 2.79. The number of anilines is 1. The average Bonchev–Trinajstić information content (AvgIpc) is 3.07. The second-order valence-electron chi connectivity index (χ2n) is 6.05. The van der Waals surface area contributed by atoms with Crippen molar-refractivity contribution in [2.45, 2.75) is 22.1 Å². The topological polar surface area (TPSA) is 83.5 Å². The zero-order valence-corrected chi connectivity index (χ0v) is 15.2. The van der Waals surface area contributed by atoms with Crippen LogP contribution in [0.15, 0.2) is 69.8 Å². The van der Waals surface area contributed by atoms with Gasteiger partial charge in [-0.15, -0.1) is 11.3 Å². The first kappa shape index (κ1) is 16.8. The lowest BCUT2D eigenvalue weighted by atomic mass is 9.91. The van der Waals surface area contributed by atoms with Crippen LogP contribution in [-0.2, 0) is 14.6 Å². The first-order valence-corrected chi connectivity index (χ1v) is 10.3. The van der Waals surface area contributed by atoms with Gasteiger partial charge in [0.05, 0.1) is 10.6 Å². The second kappa shape index (κ2) is 6.26. The summed E-state index contributed by atoms with van der Waals surface area (Å²) in [5, 5.41) is 13.8. The molecule has 2 N–H and O–H groups in total. The van der Waals surface area contributed by atoms with E-state index >= 15 is 0 Å². The number of nitrogens with one attached hydrogen (secondary N) is 1. The summed E-state index contributed by atoms with van der Waals surface area (Å²) < 4.78 is 26.0. The summed E-state index contributed by atoms with van der Waals surface area (Å²) in [7, 11) is -3.72. The van der Waals surface area contributed by atoms with E-state index < -0.39 is 9.84 Å². The molecule has 0 bridgehead atoms. The zero-order valence-electron chi connectivity index (χ0n) is 13.5. The second-order valence-corrected chi connectivity index (χ2v) is 8.88. The minimum absolute atomic E-state index is 0.125. The van der Waals surface area contributed by atoms with Gasteiger partial charge in [0.15, 0.2) is 0 Å². The van der Waals surface area contributed by atoms with Crippen LogP contribution in [0.5, 0.6) is 5.75 Å². The molecule has 3 aromatic rings. The molecule has 2 heterocycles. The van der Waals surface area contributed by atoms with Gasteiger partial charge < -0.3 is 10.4 Å². The first-order chi connectivity index (χ1) is 12.5. The van der Waals surface area contributed by atoms with E-state index in [9.17, 15) is 18.3 Å². The molecule has 7 heteroatoms. The molecule has 0 spiro atoms. The molecule has 1 aliphatic rings. The number of carbonyl (C=O) groups excluding carboxylic acids is 1. The van der Waals surface area contributed by atoms with Gasteiger partial charge >= 0.3 is 0 Å². The van der Waals surface area contributed by atoms with E-state index in [1.165, 1.54) is 11.3 Å². The molecule has 0 saturated heterocycles. The number of hydrogen-bond acceptors (Lipinski definition) is 5. The van der Waals surface area contributed by atoms with Crippen LogP contribution in [0.2, 0.25) is 0 Å². The quantitative estimate of drug-likeness (QED) is 0.719. The van der Waals surface area contributed by atoms with E-state index in [-0.39, 0.29) is 33.8 Å². The number of aromatic hydroxyl groups is 1. The molecule has 26 heavy (non-hydrogen) atoms. The van der Waals surface area contributed by atoms with Gasteiger partial charge in [0.2, 0.25) is 15.7 Å². The molecule has 1 amide bonds. The molecule has 4 rings (SSSR count). The van der Waals surface area contributed by atoms with Crippen molar-refractivity contribution in [2.75, 3.05) is 5.32 Å². The lowest BCUT2D eigenvalue weighted by Gasteiger charge is -2.23. The van der Waals surface area contributed by atoms with E-state index in [2.05, 4.69) is 5.32 Å². The smallest absolute Gasteiger partial charge is 0.225 e. The molecule has 2 aromatic carbocycles. The van der Waals surface area contributed by atoms with Crippen LogP contribution in [0, 0.1) is 0 Å². The Balaban J connectivity index is 1.83. The van der Waals surface area contributed by atoms with Crippen LogP contribution >= 0.6 is 11.3 Å². The molecule has 1 aromatic heterocycles. The fourth-order valence-corrected chi connectivity index (χ4v) is 6.03. The fourth-order valence-electron chi connectivity index (χ4n) is 3.10. The summed E-state index contributed by atoms with van der Waals surface area (Å²) in [4.78, 5) is 13.4. The Labute approximate surface area is 154 Å². The van der Waals surface area contributed by atoms with Crippen LogP contribution in [0.1, 0.15) is 22.8 Å². The van der Waals surface area contributed by atoms with Gasteiger partial charge in [0, 0.05) is 22.6 Å². The largest absolute Gasteiger partial charge is 0.508 e. The number of amides is 1. The summed E-state index contributed by atoms with van der Waals surface area (Å²) in [6.45, 7) is 0. The minimum atomic E-state index is -3.72. The minimum Gasteiger partial charge on any atom is -0.508 e. The van der Waals surface area contributed by atoms with Crippen molar-refractivity contribution in [1.82, 2.24) is 0 Å². The molecule has 1 aliphatic heterocycles. The van der Waals surface area contributed by atoms with Gasteiger partial charge in [0.1, 0.15) is 10.6 Å². The lowest BCUT2D eigenvalue weighted by molar-refractivity contribution is -0.116. The normalized spacial score (nSPS) is 16.8.